The van der Waals surface area contributed by atoms with E-state index in [1.54, 1.807) is 0 Å². The largest absolute Gasteiger partial charge is 0.240 e. The lowest BCUT2D eigenvalue weighted by atomic mass is 10.2. The molecule has 62 valence electrons. The third-order valence-corrected chi connectivity index (χ3v) is 1.46. The van der Waals surface area contributed by atoms with E-state index in [4.69, 9.17) is 0 Å². The molecule has 0 spiro atoms. The van der Waals surface area contributed by atoms with Gasteiger partial charge in [-0.25, -0.2) is 4.99 Å². The molecule has 0 saturated carbocycles. The summed E-state index contributed by atoms with van der Waals surface area (Å²) in [6, 6.07) is 0.385. The predicted molar refractivity (Wildman–Crippen MR) is 51.2 cm³/mol. The minimum absolute atomic E-state index is 0.385. The van der Waals surface area contributed by atoms with Crippen molar-refractivity contribution >= 4 is 5.87 Å². The van der Waals surface area contributed by atoms with Gasteiger partial charge in [-0.15, -0.1) is 6.58 Å². The molecule has 0 unspecified atom stereocenters. The van der Waals surface area contributed by atoms with Gasteiger partial charge >= 0.3 is 0 Å². The molecule has 0 radical (unpaired) electrons. The molecule has 0 aliphatic rings. The van der Waals surface area contributed by atoms with Crippen molar-refractivity contribution in [1.29, 1.82) is 0 Å². The van der Waals surface area contributed by atoms with Crippen molar-refractivity contribution in [3.8, 4) is 0 Å². The van der Waals surface area contributed by atoms with Crippen molar-refractivity contribution in [2.75, 3.05) is 0 Å². The van der Waals surface area contributed by atoms with E-state index >= 15 is 0 Å². The number of nitrogens with zero attached hydrogens (tertiary/aromatic N) is 1. The standard InChI is InChI=1S/C10H17N/c1-4-7-9-11-10(6-3)8-5-2/h5,7,10H,2,4,6,8H2,1,3H3/t10-/m1/s1. The smallest absolute Gasteiger partial charge is 0.0625 e. The van der Waals surface area contributed by atoms with Crippen LogP contribution in [0, 0.1) is 0 Å². The molecule has 0 saturated heterocycles. The third kappa shape index (κ3) is 5.63. The molecule has 1 atom stereocenters. The zero-order chi connectivity index (χ0) is 8.53. The Bertz CT molecular complexity index is 152. The van der Waals surface area contributed by atoms with E-state index in [1.165, 1.54) is 0 Å². The van der Waals surface area contributed by atoms with Gasteiger partial charge in [0.1, 0.15) is 0 Å². The molecular formula is C10H17N. The van der Waals surface area contributed by atoms with Gasteiger partial charge in [0.2, 0.25) is 0 Å². The second-order valence-electron chi connectivity index (χ2n) is 2.46. The van der Waals surface area contributed by atoms with Crippen LogP contribution in [0.15, 0.2) is 23.7 Å². The Labute approximate surface area is 69.5 Å². The molecule has 0 N–H and O–H groups in total. The number of rotatable bonds is 5. The molecule has 1 nitrogen and oxygen atoms in total. The topological polar surface area (TPSA) is 12.4 Å². The highest BCUT2D eigenvalue weighted by molar-refractivity contribution is 5.51. The van der Waals surface area contributed by atoms with Crippen LogP contribution in [0.3, 0.4) is 0 Å². The van der Waals surface area contributed by atoms with Gasteiger partial charge in [-0.05, 0) is 31.2 Å². The van der Waals surface area contributed by atoms with Crippen molar-refractivity contribution in [2.45, 2.75) is 39.2 Å². The van der Waals surface area contributed by atoms with Crippen LogP contribution in [0.4, 0.5) is 0 Å². The van der Waals surface area contributed by atoms with Crippen LogP contribution in [-0.2, 0) is 0 Å². The summed E-state index contributed by atoms with van der Waals surface area (Å²) >= 11 is 0. The quantitative estimate of drug-likeness (QED) is 0.423. The van der Waals surface area contributed by atoms with Gasteiger partial charge in [-0.3, -0.25) is 0 Å². The SMILES string of the molecule is C=CC[C@@H](CC)N=C=CCC. The molecule has 0 bridgehead atoms. The van der Waals surface area contributed by atoms with Crippen molar-refractivity contribution in [3.05, 3.63) is 18.7 Å². The summed E-state index contributed by atoms with van der Waals surface area (Å²) in [7, 11) is 0. The fourth-order valence-electron chi connectivity index (χ4n) is 0.752. The first-order valence-corrected chi connectivity index (χ1v) is 4.23. The zero-order valence-electron chi connectivity index (χ0n) is 7.51. The van der Waals surface area contributed by atoms with Crippen LogP contribution in [0.25, 0.3) is 0 Å². The molecule has 0 rings (SSSR count). The molecule has 0 fully saturated rings. The first-order chi connectivity index (χ1) is 5.35. The van der Waals surface area contributed by atoms with E-state index in [1.807, 2.05) is 12.2 Å². The number of allylic oxidation sites excluding steroid dienone is 1. The highest BCUT2D eigenvalue weighted by atomic mass is 14.7. The minimum atomic E-state index is 0.385. The summed E-state index contributed by atoms with van der Waals surface area (Å²) in [5.74, 6) is 2.92. The third-order valence-electron chi connectivity index (χ3n) is 1.46. The van der Waals surface area contributed by atoms with E-state index in [-0.39, 0.29) is 0 Å². The monoisotopic (exact) mass is 151 g/mol. The van der Waals surface area contributed by atoms with Crippen LogP contribution in [0.5, 0.6) is 0 Å². The molecule has 0 aliphatic heterocycles. The van der Waals surface area contributed by atoms with Crippen LogP contribution in [0.1, 0.15) is 33.1 Å². The van der Waals surface area contributed by atoms with Crippen LogP contribution in [0.2, 0.25) is 0 Å². The van der Waals surface area contributed by atoms with Crippen molar-refractivity contribution < 1.29 is 0 Å². The Kier molecular flexibility index (Phi) is 6.76. The number of aliphatic imine (C=N–C) groups is 1. The van der Waals surface area contributed by atoms with Gasteiger partial charge < -0.3 is 0 Å². The summed E-state index contributed by atoms with van der Waals surface area (Å²) in [5.41, 5.74) is 0. The molecule has 0 heterocycles. The van der Waals surface area contributed by atoms with E-state index in [9.17, 15) is 0 Å². The van der Waals surface area contributed by atoms with Crippen molar-refractivity contribution in [3.63, 3.8) is 0 Å². The Morgan fingerprint density at radius 3 is 2.73 bits per heavy atom. The average molecular weight is 151 g/mol. The maximum absolute atomic E-state index is 4.24. The van der Waals surface area contributed by atoms with E-state index in [0.717, 1.165) is 19.3 Å². The summed E-state index contributed by atoms with van der Waals surface area (Å²) < 4.78 is 0. The second-order valence-corrected chi connectivity index (χ2v) is 2.46. The van der Waals surface area contributed by atoms with Gasteiger partial charge in [0.25, 0.3) is 0 Å². The van der Waals surface area contributed by atoms with Gasteiger partial charge in [0, 0.05) is 0 Å². The van der Waals surface area contributed by atoms with Gasteiger partial charge in [-0.1, -0.05) is 19.9 Å². The highest BCUT2D eigenvalue weighted by Gasteiger charge is 1.97. The Hall–Kier alpha value is -0.810. The summed E-state index contributed by atoms with van der Waals surface area (Å²) in [6.07, 6.45) is 6.89. The van der Waals surface area contributed by atoms with E-state index < -0.39 is 0 Å². The molecule has 11 heavy (non-hydrogen) atoms. The predicted octanol–water partition coefficient (Wildman–Crippen LogP) is 2.98. The maximum Gasteiger partial charge on any atom is 0.0625 e. The zero-order valence-corrected chi connectivity index (χ0v) is 7.51. The van der Waals surface area contributed by atoms with Crippen molar-refractivity contribution in [2.24, 2.45) is 4.99 Å². The van der Waals surface area contributed by atoms with Gasteiger partial charge in [-0.2, -0.15) is 0 Å². The summed E-state index contributed by atoms with van der Waals surface area (Å²) in [5, 5.41) is 0. The fourth-order valence-corrected chi connectivity index (χ4v) is 0.752. The molecule has 0 aliphatic carbocycles. The molecule has 0 aromatic carbocycles. The Morgan fingerprint density at radius 1 is 1.55 bits per heavy atom. The van der Waals surface area contributed by atoms with Crippen molar-refractivity contribution in [1.82, 2.24) is 0 Å². The second kappa shape index (κ2) is 7.30. The minimum Gasteiger partial charge on any atom is -0.240 e. The molecule has 0 aromatic rings. The first-order valence-electron chi connectivity index (χ1n) is 4.23. The lowest BCUT2D eigenvalue weighted by Gasteiger charge is -2.01. The Balaban J connectivity index is 3.84. The summed E-state index contributed by atoms with van der Waals surface area (Å²) in [4.78, 5) is 4.24. The fraction of sp³-hybridized carbons (Fsp3) is 0.600. The van der Waals surface area contributed by atoms with E-state index in [2.05, 4.69) is 31.3 Å². The van der Waals surface area contributed by atoms with Crippen LogP contribution in [-0.4, -0.2) is 11.9 Å². The molecule has 0 amide bonds. The van der Waals surface area contributed by atoms with Gasteiger partial charge in [0.05, 0.1) is 6.04 Å². The lowest BCUT2D eigenvalue weighted by Crippen LogP contribution is -1.98. The maximum atomic E-state index is 4.24. The first kappa shape index (κ1) is 10.2. The molecular weight excluding hydrogens is 134 g/mol. The van der Waals surface area contributed by atoms with Crippen LogP contribution < -0.4 is 0 Å². The Morgan fingerprint density at radius 2 is 2.27 bits per heavy atom. The molecule has 1 heteroatoms. The lowest BCUT2D eigenvalue weighted by molar-refractivity contribution is 0.666. The van der Waals surface area contributed by atoms with E-state index in [0.29, 0.717) is 6.04 Å². The van der Waals surface area contributed by atoms with Gasteiger partial charge in [0.15, 0.2) is 0 Å². The average Bonchev–Trinajstić information content (AvgIpc) is 2.03. The number of hydrogen-bond acceptors (Lipinski definition) is 1. The summed E-state index contributed by atoms with van der Waals surface area (Å²) in [6.45, 7) is 7.89. The van der Waals surface area contributed by atoms with Crippen LogP contribution >= 0.6 is 0 Å². The number of hydrogen-bond donors (Lipinski definition) is 0. The highest BCUT2D eigenvalue weighted by Crippen LogP contribution is 2.01. The normalized spacial score (nSPS) is 11.5. The molecule has 0 aromatic heterocycles.